The smallest absolute Gasteiger partial charge is 0.237 e. The Morgan fingerprint density at radius 1 is 1.21 bits per heavy atom. The Hall–Kier alpha value is -1.93. The molecule has 2 amide bonds. The molecule has 1 aliphatic carbocycles. The zero-order valence-corrected chi connectivity index (χ0v) is 27.0. The first kappa shape index (κ1) is 30.0. The van der Waals surface area contributed by atoms with Crippen molar-refractivity contribution < 1.29 is 14.3 Å². The molecule has 1 saturated heterocycles. The third-order valence-corrected chi connectivity index (χ3v) is 10.8. The predicted octanol–water partition coefficient (Wildman–Crippen LogP) is 7.63. The molecule has 2 fully saturated rings. The summed E-state index contributed by atoms with van der Waals surface area (Å²) in [5.74, 6) is -0.276. The van der Waals surface area contributed by atoms with Crippen molar-refractivity contribution >= 4 is 53.1 Å². The van der Waals surface area contributed by atoms with Crippen LogP contribution in [0.4, 0.5) is 5.69 Å². The molecular formula is C31H40BrClN2O3Si. The number of nitrogens with zero attached hydrogens (tertiary/aromatic N) is 1. The van der Waals surface area contributed by atoms with E-state index in [1.54, 1.807) is 13.2 Å². The van der Waals surface area contributed by atoms with Crippen LogP contribution in [-0.4, -0.2) is 51.1 Å². The van der Waals surface area contributed by atoms with Crippen LogP contribution < -0.4 is 5.32 Å². The highest BCUT2D eigenvalue weighted by Gasteiger charge is 2.69. The van der Waals surface area contributed by atoms with Crippen LogP contribution in [0.1, 0.15) is 43.2 Å². The van der Waals surface area contributed by atoms with E-state index < -0.39 is 13.5 Å². The minimum absolute atomic E-state index is 0.0368. The van der Waals surface area contributed by atoms with Gasteiger partial charge in [0.2, 0.25) is 11.8 Å². The van der Waals surface area contributed by atoms with Gasteiger partial charge in [-0.3, -0.25) is 9.59 Å². The number of anilines is 1. The van der Waals surface area contributed by atoms with Crippen LogP contribution in [0.15, 0.2) is 59.6 Å². The van der Waals surface area contributed by atoms with E-state index in [4.69, 9.17) is 16.3 Å². The summed E-state index contributed by atoms with van der Waals surface area (Å²) < 4.78 is 5.86. The molecule has 0 bridgehead atoms. The first-order valence-electron chi connectivity index (χ1n) is 13.6. The van der Waals surface area contributed by atoms with Crippen LogP contribution in [0, 0.1) is 5.41 Å². The summed E-state index contributed by atoms with van der Waals surface area (Å²) >= 11 is 9.89. The normalized spacial score (nSPS) is 25.1. The van der Waals surface area contributed by atoms with E-state index in [1.807, 2.05) is 47.4 Å². The van der Waals surface area contributed by atoms with Gasteiger partial charge in [-0.1, -0.05) is 78.4 Å². The van der Waals surface area contributed by atoms with Crippen molar-refractivity contribution in [1.82, 2.24) is 4.90 Å². The third-order valence-electron chi connectivity index (χ3n) is 8.37. The molecule has 0 unspecified atom stereocenters. The quantitative estimate of drug-likeness (QED) is 0.253. The summed E-state index contributed by atoms with van der Waals surface area (Å²) in [6.45, 7) is 14.5. The van der Waals surface area contributed by atoms with Gasteiger partial charge in [-0.2, -0.15) is 0 Å². The largest absolute Gasteiger partial charge is 0.385 e. The summed E-state index contributed by atoms with van der Waals surface area (Å²) in [6.07, 6.45) is 3.99. The fraction of sp³-hybridized carbons (Fsp3) is 0.484. The Labute approximate surface area is 247 Å². The Kier molecular flexibility index (Phi) is 8.87. The second-order valence-electron chi connectivity index (χ2n) is 12.5. The number of hydrogen-bond acceptors (Lipinski definition) is 3. The number of halogens is 2. The molecule has 2 heterocycles. The second-order valence-corrected chi connectivity index (χ2v) is 19.5. The van der Waals surface area contributed by atoms with Gasteiger partial charge in [-0.15, -0.1) is 6.58 Å². The molecule has 2 aliphatic heterocycles. The molecule has 5 rings (SSSR count). The highest BCUT2D eigenvalue weighted by atomic mass is 79.9. The van der Waals surface area contributed by atoms with Crippen molar-refractivity contribution in [2.24, 2.45) is 5.41 Å². The zero-order valence-electron chi connectivity index (χ0n) is 23.7. The summed E-state index contributed by atoms with van der Waals surface area (Å²) in [5, 5.41) is 3.76. The molecule has 2 aromatic rings. The number of fused-ring (bicyclic) bond motifs is 2. The first-order valence-corrected chi connectivity index (χ1v) is 18.5. The van der Waals surface area contributed by atoms with E-state index in [0.29, 0.717) is 11.6 Å². The van der Waals surface area contributed by atoms with Gasteiger partial charge >= 0.3 is 0 Å². The minimum Gasteiger partial charge on any atom is -0.385 e. The molecule has 39 heavy (non-hydrogen) atoms. The highest BCUT2D eigenvalue weighted by Crippen LogP contribution is 2.64. The average Bonchev–Trinajstić information content (AvgIpc) is 3.55. The minimum atomic E-state index is -0.886. The molecule has 0 aromatic heterocycles. The van der Waals surface area contributed by atoms with Crippen molar-refractivity contribution in [3.05, 3.63) is 75.7 Å². The molecule has 8 heteroatoms. The van der Waals surface area contributed by atoms with Gasteiger partial charge in [0.25, 0.3) is 0 Å². The molecule has 3 aliphatic rings. The topological polar surface area (TPSA) is 58.6 Å². The fourth-order valence-electron chi connectivity index (χ4n) is 6.23. The molecule has 5 nitrogen and oxygen atoms in total. The van der Waals surface area contributed by atoms with Gasteiger partial charge < -0.3 is 15.0 Å². The maximum Gasteiger partial charge on any atom is 0.237 e. The Balaban J connectivity index is 0.000000386. The van der Waals surface area contributed by atoms with Gasteiger partial charge in [0.05, 0.1) is 6.04 Å². The lowest BCUT2D eigenvalue weighted by Gasteiger charge is -2.53. The van der Waals surface area contributed by atoms with Crippen LogP contribution >= 0.6 is 27.5 Å². The average molecular weight is 632 g/mol. The number of benzene rings is 2. The Morgan fingerprint density at radius 3 is 2.49 bits per heavy atom. The van der Waals surface area contributed by atoms with Gasteiger partial charge in [0.15, 0.2) is 0 Å². The van der Waals surface area contributed by atoms with Crippen LogP contribution in [0.5, 0.6) is 0 Å². The number of carbonyl (C=O) groups excluding carboxylic acids is 2. The standard InChI is InChI=1S/C25H24BrClN2O2.C6H16OSi/c1-3-11-29-21(30)14-19(15-5-4-6-17(27)12-15)25(22(29)24(2)9-10-24)18-8-7-16(26)13-20(18)28-23(25)31;1-7-5-6-8(2,3)4/h3-8,12-13,19,22H,1,9-11,14H2,2H3,(H,28,31);5-6H2,1-4H3/t19-,22+,25-;/m0./s1. The fourth-order valence-corrected chi connectivity index (χ4v) is 7.61. The van der Waals surface area contributed by atoms with Crippen molar-refractivity contribution in [2.75, 3.05) is 25.6 Å². The molecule has 2 aromatic carbocycles. The second kappa shape index (κ2) is 11.5. The molecule has 3 atom stereocenters. The number of ether oxygens (including phenoxy) is 1. The summed E-state index contributed by atoms with van der Waals surface area (Å²) in [7, 11) is 0.961. The van der Waals surface area contributed by atoms with Crippen LogP contribution in [0.25, 0.3) is 0 Å². The Bertz CT molecular complexity index is 1260. The third kappa shape index (κ3) is 5.92. The zero-order chi connectivity index (χ0) is 28.6. The van der Waals surface area contributed by atoms with Gasteiger partial charge in [-0.25, -0.2) is 0 Å². The maximum atomic E-state index is 14.0. The van der Waals surface area contributed by atoms with E-state index in [-0.39, 0.29) is 35.6 Å². The maximum absolute atomic E-state index is 14.0. The number of methoxy groups -OCH3 is 1. The molecule has 1 spiro atoms. The van der Waals surface area contributed by atoms with E-state index in [2.05, 4.69) is 54.4 Å². The van der Waals surface area contributed by atoms with E-state index in [0.717, 1.165) is 40.7 Å². The number of amides is 2. The number of nitrogens with one attached hydrogen (secondary N) is 1. The van der Waals surface area contributed by atoms with E-state index in [1.165, 1.54) is 6.04 Å². The van der Waals surface area contributed by atoms with E-state index in [9.17, 15) is 9.59 Å². The SMILES string of the molecule is C=CCN1C(=O)C[C@@H](c2cccc(Cl)c2)[C@]2(C(=O)Nc3cc(Br)ccc32)[C@H]1C1(C)CC1.COCC[Si](C)(C)C. The number of rotatable bonds is 7. The van der Waals surface area contributed by atoms with Crippen LogP contribution in [0.3, 0.4) is 0 Å². The molecular weight excluding hydrogens is 592 g/mol. The Morgan fingerprint density at radius 2 is 1.92 bits per heavy atom. The van der Waals surface area contributed by atoms with Gasteiger partial charge in [0, 0.05) is 55.9 Å². The number of piperidine rings is 1. The molecule has 0 radical (unpaired) electrons. The van der Waals surface area contributed by atoms with Crippen LogP contribution in [-0.2, 0) is 19.7 Å². The number of carbonyl (C=O) groups is 2. The monoisotopic (exact) mass is 630 g/mol. The van der Waals surface area contributed by atoms with Crippen molar-refractivity contribution in [3.8, 4) is 0 Å². The molecule has 1 N–H and O–H groups in total. The first-order chi connectivity index (χ1) is 18.4. The highest BCUT2D eigenvalue weighted by molar-refractivity contribution is 9.10. The van der Waals surface area contributed by atoms with Crippen molar-refractivity contribution in [2.45, 2.75) is 69.2 Å². The van der Waals surface area contributed by atoms with Gasteiger partial charge in [-0.05, 0) is 59.7 Å². The van der Waals surface area contributed by atoms with Crippen molar-refractivity contribution in [3.63, 3.8) is 0 Å². The number of hydrogen-bond donors (Lipinski definition) is 1. The summed E-state index contributed by atoms with van der Waals surface area (Å²) in [4.78, 5) is 29.4. The van der Waals surface area contributed by atoms with E-state index >= 15 is 0 Å². The number of likely N-dealkylation sites (tertiary alicyclic amines) is 1. The van der Waals surface area contributed by atoms with Crippen molar-refractivity contribution in [1.29, 1.82) is 0 Å². The van der Waals surface area contributed by atoms with Gasteiger partial charge in [0.1, 0.15) is 5.41 Å². The predicted molar refractivity (Wildman–Crippen MR) is 166 cm³/mol. The molecule has 210 valence electrons. The summed E-state index contributed by atoms with van der Waals surface area (Å²) in [5.41, 5.74) is 1.70. The lowest BCUT2D eigenvalue weighted by atomic mass is 9.56. The summed E-state index contributed by atoms with van der Waals surface area (Å²) in [6, 6.07) is 14.6. The lowest BCUT2D eigenvalue weighted by Crippen LogP contribution is -2.66. The lowest BCUT2D eigenvalue weighted by molar-refractivity contribution is -0.147. The van der Waals surface area contributed by atoms with Crippen LogP contribution in [0.2, 0.25) is 30.7 Å². The molecule has 1 saturated carbocycles.